The molecule has 6 nitrogen and oxygen atoms in total. The Labute approximate surface area is 146 Å². The zero-order valence-electron chi connectivity index (χ0n) is 14.3. The molecule has 2 N–H and O–H groups in total. The predicted molar refractivity (Wildman–Crippen MR) is 97.3 cm³/mol. The third-order valence-electron chi connectivity index (χ3n) is 3.64. The van der Waals surface area contributed by atoms with Crippen LogP contribution in [0.3, 0.4) is 0 Å². The maximum absolute atomic E-state index is 11.7. The molecular weight excluding hydrogens is 326 g/mol. The molecule has 7 heteroatoms. The lowest BCUT2D eigenvalue weighted by atomic mass is 10.1. The van der Waals surface area contributed by atoms with Crippen LogP contribution in [0.4, 0.5) is 0 Å². The van der Waals surface area contributed by atoms with E-state index < -0.39 is 11.2 Å². The number of hydrogen-bond acceptors (Lipinski definition) is 5. The first-order valence-corrected chi connectivity index (χ1v) is 9.56. The molecule has 134 valence electrons. The maximum atomic E-state index is 11.7. The number of carbonyl (C=O) groups excluding carboxylic acids is 1. The monoisotopic (exact) mass is 353 g/mol. The second kappa shape index (κ2) is 12.8. The van der Waals surface area contributed by atoms with Crippen molar-refractivity contribution in [2.75, 3.05) is 0 Å². The number of nitrogens with one attached hydrogen (secondary N) is 2. The van der Waals surface area contributed by atoms with E-state index in [1.807, 2.05) is 0 Å². The number of allylic oxidation sites excluding steroid dienone is 1. The molecular formula is C17H27N3O3S. The van der Waals surface area contributed by atoms with E-state index in [9.17, 15) is 14.4 Å². The van der Waals surface area contributed by atoms with Gasteiger partial charge in [0.05, 0.1) is 0 Å². The van der Waals surface area contributed by atoms with Gasteiger partial charge in [0.2, 0.25) is 0 Å². The Morgan fingerprint density at radius 3 is 2.29 bits per heavy atom. The topological polar surface area (TPSA) is 95.7 Å². The van der Waals surface area contributed by atoms with Crippen LogP contribution in [0.15, 0.2) is 26.1 Å². The predicted octanol–water partition coefficient (Wildman–Crippen LogP) is 3.55. The number of nitrogens with zero attached hydrogens (tertiary/aromatic N) is 1. The van der Waals surface area contributed by atoms with Crippen LogP contribution in [0, 0.1) is 0 Å². The van der Waals surface area contributed by atoms with Gasteiger partial charge in [0.1, 0.15) is 0 Å². The third kappa shape index (κ3) is 9.50. The van der Waals surface area contributed by atoms with E-state index in [4.69, 9.17) is 0 Å². The summed E-state index contributed by atoms with van der Waals surface area (Å²) in [5.41, 5.74) is -1.20. The van der Waals surface area contributed by atoms with Gasteiger partial charge in [-0.25, -0.2) is 9.89 Å². The van der Waals surface area contributed by atoms with Crippen molar-refractivity contribution in [3.05, 3.63) is 32.3 Å². The molecule has 0 fully saturated rings. The summed E-state index contributed by atoms with van der Waals surface area (Å²) < 4.78 is 0. The van der Waals surface area contributed by atoms with Crippen LogP contribution in [-0.4, -0.2) is 21.0 Å². The molecule has 0 aromatic carbocycles. The molecule has 0 amide bonds. The van der Waals surface area contributed by atoms with E-state index in [1.165, 1.54) is 56.4 Å². The Bertz CT molecular complexity index is 622. The summed E-state index contributed by atoms with van der Waals surface area (Å²) in [6.45, 7) is 2.22. The number of hydrogen-bond donors (Lipinski definition) is 2. The lowest BCUT2D eigenvalue weighted by Gasteiger charge is -2.01. The molecule has 0 aliphatic rings. The Morgan fingerprint density at radius 1 is 1.04 bits per heavy atom. The number of rotatable bonds is 13. The smallest absolute Gasteiger partial charge is 0.295 e. The van der Waals surface area contributed by atoms with Crippen LogP contribution in [0.2, 0.25) is 0 Å². The first-order valence-electron chi connectivity index (χ1n) is 8.68. The summed E-state index contributed by atoms with van der Waals surface area (Å²) in [4.78, 5) is 36.0. The van der Waals surface area contributed by atoms with Gasteiger partial charge in [0.15, 0.2) is 10.8 Å². The first-order chi connectivity index (χ1) is 11.6. The van der Waals surface area contributed by atoms with Crippen molar-refractivity contribution in [2.45, 2.75) is 76.2 Å². The molecule has 1 aromatic heterocycles. The second-order valence-corrected chi connectivity index (χ2v) is 6.67. The molecule has 1 aromatic rings. The molecule has 1 rings (SSSR count). The van der Waals surface area contributed by atoms with Crippen LogP contribution in [-0.2, 0) is 4.79 Å². The number of H-pyrrole nitrogens is 2. The lowest BCUT2D eigenvalue weighted by Crippen LogP contribution is -2.24. The van der Waals surface area contributed by atoms with Gasteiger partial charge in [0, 0.05) is 6.42 Å². The summed E-state index contributed by atoms with van der Waals surface area (Å²) in [6.07, 6.45) is 13.0. The fourth-order valence-electron chi connectivity index (χ4n) is 2.28. The van der Waals surface area contributed by atoms with E-state index >= 15 is 0 Å². The van der Waals surface area contributed by atoms with Crippen LogP contribution < -0.4 is 11.2 Å². The fraction of sp³-hybridized carbons (Fsp3) is 0.647. The molecule has 0 aliphatic carbocycles. The Hall–Kier alpha value is -1.63. The van der Waals surface area contributed by atoms with Crippen LogP contribution >= 0.6 is 11.8 Å². The van der Waals surface area contributed by atoms with E-state index in [2.05, 4.69) is 22.1 Å². The molecule has 0 saturated carbocycles. The zero-order valence-corrected chi connectivity index (χ0v) is 15.1. The van der Waals surface area contributed by atoms with Crippen LogP contribution in [0.5, 0.6) is 0 Å². The SMILES string of the molecule is CCCCCCCCCCCC(=O)/C=C/Sc1n[nH]c(=O)[nH]c1=O. The summed E-state index contributed by atoms with van der Waals surface area (Å²) in [7, 11) is 0. The average molecular weight is 353 g/mol. The van der Waals surface area contributed by atoms with Crippen molar-refractivity contribution in [1.82, 2.24) is 15.2 Å². The van der Waals surface area contributed by atoms with Crippen molar-refractivity contribution in [3.8, 4) is 0 Å². The molecule has 0 aliphatic heterocycles. The van der Waals surface area contributed by atoms with Crippen molar-refractivity contribution in [1.29, 1.82) is 0 Å². The highest BCUT2D eigenvalue weighted by molar-refractivity contribution is 8.02. The quantitative estimate of drug-likeness (QED) is 0.321. The van der Waals surface area contributed by atoms with E-state index in [-0.39, 0.29) is 10.8 Å². The van der Waals surface area contributed by atoms with Crippen LogP contribution in [0.25, 0.3) is 0 Å². The summed E-state index contributed by atoms with van der Waals surface area (Å²) in [5, 5.41) is 7.41. The molecule has 1 heterocycles. The Morgan fingerprint density at radius 2 is 1.67 bits per heavy atom. The number of ketones is 1. The van der Waals surface area contributed by atoms with Gasteiger partial charge in [0.25, 0.3) is 5.56 Å². The van der Waals surface area contributed by atoms with E-state index in [0.717, 1.165) is 24.6 Å². The van der Waals surface area contributed by atoms with Crippen molar-refractivity contribution in [2.24, 2.45) is 0 Å². The molecule has 0 spiro atoms. The Balaban J connectivity index is 2.09. The van der Waals surface area contributed by atoms with E-state index in [0.29, 0.717) is 6.42 Å². The molecule has 0 unspecified atom stereocenters. The molecule has 24 heavy (non-hydrogen) atoms. The highest BCUT2D eigenvalue weighted by Gasteiger charge is 2.01. The zero-order chi connectivity index (χ0) is 17.6. The highest BCUT2D eigenvalue weighted by atomic mass is 32.2. The summed E-state index contributed by atoms with van der Waals surface area (Å²) in [6, 6.07) is 0. The van der Waals surface area contributed by atoms with Gasteiger partial charge < -0.3 is 0 Å². The number of aromatic nitrogens is 3. The minimum Gasteiger partial charge on any atom is -0.295 e. The van der Waals surface area contributed by atoms with Gasteiger partial charge in [-0.3, -0.25) is 14.6 Å². The molecule has 0 bridgehead atoms. The van der Waals surface area contributed by atoms with Crippen LogP contribution in [0.1, 0.15) is 71.1 Å². The normalized spacial score (nSPS) is 11.2. The van der Waals surface area contributed by atoms with E-state index in [1.54, 1.807) is 0 Å². The average Bonchev–Trinajstić information content (AvgIpc) is 2.55. The maximum Gasteiger partial charge on any atom is 0.342 e. The summed E-state index contributed by atoms with van der Waals surface area (Å²) in [5.74, 6) is 0.0475. The van der Waals surface area contributed by atoms with Gasteiger partial charge in [-0.15, -0.1) is 0 Å². The lowest BCUT2D eigenvalue weighted by molar-refractivity contribution is -0.114. The standard InChI is InChI=1S/C17H27N3O3S/c1-2-3-4-5-6-7-8-9-10-11-14(21)12-13-24-16-15(22)18-17(23)20-19-16/h12-13H,2-11H2,1H3,(H2,18,20,22,23)/b13-12+. The number of unbranched alkanes of at least 4 members (excludes halogenated alkanes) is 8. The molecule has 0 atom stereocenters. The van der Waals surface area contributed by atoms with Gasteiger partial charge in [-0.05, 0) is 17.9 Å². The van der Waals surface area contributed by atoms with Gasteiger partial charge >= 0.3 is 5.69 Å². The minimum atomic E-state index is -0.644. The van der Waals surface area contributed by atoms with Crippen molar-refractivity contribution in [3.63, 3.8) is 0 Å². The second-order valence-electron chi connectivity index (χ2n) is 5.78. The highest BCUT2D eigenvalue weighted by Crippen LogP contribution is 2.12. The van der Waals surface area contributed by atoms with Gasteiger partial charge in [-0.1, -0.05) is 70.1 Å². The summed E-state index contributed by atoms with van der Waals surface area (Å²) >= 11 is 1.01. The molecule has 0 saturated heterocycles. The largest absolute Gasteiger partial charge is 0.342 e. The minimum absolute atomic E-state index is 0.0475. The molecule has 0 radical (unpaired) electrons. The van der Waals surface area contributed by atoms with Crippen molar-refractivity contribution < 1.29 is 4.79 Å². The third-order valence-corrected chi connectivity index (χ3v) is 4.41. The number of aromatic amines is 2. The Kier molecular flexibility index (Phi) is 10.8. The van der Waals surface area contributed by atoms with Gasteiger partial charge in [-0.2, -0.15) is 5.10 Å². The number of carbonyl (C=O) groups is 1. The fourth-order valence-corrected chi connectivity index (χ4v) is 2.89. The van der Waals surface area contributed by atoms with Crippen molar-refractivity contribution >= 4 is 17.5 Å². The first kappa shape index (κ1) is 20.4. The number of thioether (sulfide) groups is 1.